The summed E-state index contributed by atoms with van der Waals surface area (Å²) in [4.78, 5) is 29.1. The Morgan fingerprint density at radius 3 is 2.34 bits per heavy atom. The van der Waals surface area contributed by atoms with Crippen LogP contribution in [0.4, 0.5) is 11.4 Å². The van der Waals surface area contributed by atoms with Crippen molar-refractivity contribution in [2.45, 2.75) is 31.1 Å². The molecule has 1 heterocycles. The predicted molar refractivity (Wildman–Crippen MR) is 129 cm³/mol. The van der Waals surface area contributed by atoms with Gasteiger partial charge in [-0.15, -0.1) is 0 Å². The molecule has 0 fully saturated rings. The number of phenols is 1. The number of aromatic hydroxyl groups is 1. The fourth-order valence-corrected chi connectivity index (χ4v) is 4.42. The van der Waals surface area contributed by atoms with Crippen LogP contribution in [-0.2, 0) is 16.0 Å². The number of nitrogens with one attached hydrogen (secondary N) is 1. The van der Waals surface area contributed by atoms with Crippen LogP contribution in [0, 0.1) is 0 Å². The van der Waals surface area contributed by atoms with Gasteiger partial charge in [0.2, 0.25) is 0 Å². The van der Waals surface area contributed by atoms with Crippen molar-refractivity contribution < 1.29 is 14.7 Å². The van der Waals surface area contributed by atoms with Gasteiger partial charge in [-0.2, -0.15) is 0 Å². The SMILES string of the molecule is CCCCc1ccc(N2C(=O)C(Nc3cccc(O)c3)=C(Sc3ccccc3)C2=O)cc1. The lowest BCUT2D eigenvalue weighted by Gasteiger charge is -2.16. The molecule has 6 heteroatoms. The molecule has 2 amide bonds. The average Bonchev–Trinajstić information content (AvgIpc) is 3.03. The number of carbonyl (C=O) groups is 2. The molecule has 0 atom stereocenters. The predicted octanol–water partition coefficient (Wildman–Crippen LogP) is 5.72. The molecule has 5 nitrogen and oxygen atoms in total. The average molecular weight is 445 g/mol. The van der Waals surface area contributed by atoms with E-state index in [9.17, 15) is 14.7 Å². The number of benzene rings is 3. The number of phenolic OH excluding ortho intramolecular Hbond substituents is 1. The lowest BCUT2D eigenvalue weighted by molar-refractivity contribution is -0.120. The summed E-state index contributed by atoms with van der Waals surface area (Å²) in [6.07, 6.45) is 3.17. The van der Waals surface area contributed by atoms with Crippen LogP contribution in [-0.4, -0.2) is 16.9 Å². The topological polar surface area (TPSA) is 69.6 Å². The van der Waals surface area contributed by atoms with Gasteiger partial charge in [-0.1, -0.05) is 61.5 Å². The maximum atomic E-state index is 13.4. The van der Waals surface area contributed by atoms with Gasteiger partial charge in [0.05, 0.1) is 5.69 Å². The lowest BCUT2D eigenvalue weighted by Crippen LogP contribution is -2.32. The first-order chi connectivity index (χ1) is 15.6. The van der Waals surface area contributed by atoms with Crippen molar-refractivity contribution in [2.24, 2.45) is 0 Å². The molecule has 162 valence electrons. The van der Waals surface area contributed by atoms with Crippen LogP contribution >= 0.6 is 11.8 Å². The Labute approximate surface area is 191 Å². The molecule has 0 unspecified atom stereocenters. The molecule has 1 aliphatic heterocycles. The minimum atomic E-state index is -0.418. The molecular formula is C26H24N2O3S. The second-order valence-electron chi connectivity index (χ2n) is 7.51. The van der Waals surface area contributed by atoms with Crippen LogP contribution in [0.1, 0.15) is 25.3 Å². The molecule has 32 heavy (non-hydrogen) atoms. The summed E-state index contributed by atoms with van der Waals surface area (Å²) in [5.74, 6) is -0.713. The molecule has 2 N–H and O–H groups in total. The van der Waals surface area contributed by atoms with Gasteiger partial charge >= 0.3 is 0 Å². The minimum absolute atomic E-state index is 0.0733. The summed E-state index contributed by atoms with van der Waals surface area (Å²) < 4.78 is 0. The number of nitrogens with zero attached hydrogens (tertiary/aromatic N) is 1. The van der Waals surface area contributed by atoms with Crippen molar-refractivity contribution in [3.63, 3.8) is 0 Å². The first-order valence-corrected chi connectivity index (χ1v) is 11.4. The lowest BCUT2D eigenvalue weighted by atomic mass is 10.1. The second-order valence-corrected chi connectivity index (χ2v) is 8.59. The van der Waals surface area contributed by atoms with Gasteiger partial charge in [-0.05, 0) is 54.8 Å². The number of imide groups is 1. The van der Waals surface area contributed by atoms with Crippen molar-refractivity contribution >= 4 is 35.0 Å². The Balaban J connectivity index is 1.67. The van der Waals surface area contributed by atoms with Gasteiger partial charge in [-0.25, -0.2) is 4.90 Å². The Morgan fingerprint density at radius 2 is 1.66 bits per heavy atom. The van der Waals surface area contributed by atoms with E-state index in [-0.39, 0.29) is 17.4 Å². The number of hydrogen-bond donors (Lipinski definition) is 2. The third kappa shape index (κ3) is 4.70. The van der Waals surface area contributed by atoms with E-state index in [1.165, 1.54) is 28.3 Å². The molecule has 4 rings (SSSR count). The van der Waals surface area contributed by atoms with Crippen LogP contribution < -0.4 is 10.2 Å². The first-order valence-electron chi connectivity index (χ1n) is 10.6. The summed E-state index contributed by atoms with van der Waals surface area (Å²) in [7, 11) is 0. The van der Waals surface area contributed by atoms with E-state index < -0.39 is 5.91 Å². The highest BCUT2D eigenvalue weighted by Gasteiger charge is 2.40. The van der Waals surface area contributed by atoms with Crippen molar-refractivity contribution in [3.05, 3.63) is 95.0 Å². The van der Waals surface area contributed by atoms with Gasteiger partial charge < -0.3 is 10.4 Å². The zero-order chi connectivity index (χ0) is 22.5. The second kappa shape index (κ2) is 9.75. The van der Waals surface area contributed by atoms with E-state index in [0.29, 0.717) is 16.3 Å². The van der Waals surface area contributed by atoms with Crippen LogP contribution in [0.2, 0.25) is 0 Å². The molecule has 0 aliphatic carbocycles. The summed E-state index contributed by atoms with van der Waals surface area (Å²) in [6.45, 7) is 2.15. The number of carbonyl (C=O) groups excluding carboxylic acids is 2. The van der Waals surface area contributed by atoms with E-state index in [4.69, 9.17) is 0 Å². The molecule has 3 aromatic carbocycles. The first kappa shape index (κ1) is 21.7. The van der Waals surface area contributed by atoms with Crippen molar-refractivity contribution in [3.8, 4) is 5.75 Å². The van der Waals surface area contributed by atoms with Crippen LogP contribution in [0.5, 0.6) is 5.75 Å². The van der Waals surface area contributed by atoms with Crippen LogP contribution in [0.25, 0.3) is 0 Å². The number of anilines is 2. The highest BCUT2D eigenvalue weighted by Crippen LogP contribution is 2.38. The third-order valence-electron chi connectivity index (χ3n) is 5.13. The largest absolute Gasteiger partial charge is 0.508 e. The van der Waals surface area contributed by atoms with E-state index in [2.05, 4.69) is 12.2 Å². The number of aryl methyl sites for hydroxylation is 1. The number of unbranched alkanes of at least 4 members (excludes halogenated alkanes) is 1. The molecule has 3 aromatic rings. The fraction of sp³-hybridized carbons (Fsp3) is 0.154. The Bertz CT molecular complexity index is 1160. The zero-order valence-electron chi connectivity index (χ0n) is 17.7. The van der Waals surface area contributed by atoms with Crippen molar-refractivity contribution in [1.82, 2.24) is 0 Å². The van der Waals surface area contributed by atoms with Gasteiger partial charge in [0.1, 0.15) is 16.4 Å². The summed E-state index contributed by atoms with van der Waals surface area (Å²) in [6, 6.07) is 23.5. The monoisotopic (exact) mass is 444 g/mol. The Kier molecular flexibility index (Phi) is 6.61. The van der Waals surface area contributed by atoms with Crippen molar-refractivity contribution in [2.75, 3.05) is 10.2 Å². The molecule has 1 aliphatic rings. The van der Waals surface area contributed by atoms with Gasteiger partial charge in [0.25, 0.3) is 11.8 Å². The molecule has 0 bridgehead atoms. The quantitative estimate of drug-likeness (QED) is 0.435. The van der Waals surface area contributed by atoms with E-state index >= 15 is 0 Å². The van der Waals surface area contributed by atoms with E-state index in [1.54, 1.807) is 18.2 Å². The minimum Gasteiger partial charge on any atom is -0.508 e. The number of amides is 2. The fourth-order valence-electron chi connectivity index (χ4n) is 3.48. The molecular weight excluding hydrogens is 420 g/mol. The van der Waals surface area contributed by atoms with Crippen LogP contribution in [0.3, 0.4) is 0 Å². The Hall–Kier alpha value is -3.51. The molecule has 0 aromatic heterocycles. The van der Waals surface area contributed by atoms with Gasteiger partial charge in [0.15, 0.2) is 0 Å². The molecule has 0 spiro atoms. The molecule has 0 radical (unpaired) electrons. The van der Waals surface area contributed by atoms with Gasteiger partial charge in [0, 0.05) is 16.6 Å². The van der Waals surface area contributed by atoms with Gasteiger partial charge in [-0.3, -0.25) is 9.59 Å². The number of thioether (sulfide) groups is 1. The molecule has 0 saturated carbocycles. The smallest absolute Gasteiger partial charge is 0.283 e. The van der Waals surface area contributed by atoms with Crippen molar-refractivity contribution in [1.29, 1.82) is 0 Å². The van der Waals surface area contributed by atoms with E-state index in [1.807, 2.05) is 54.6 Å². The maximum Gasteiger partial charge on any atom is 0.283 e. The maximum absolute atomic E-state index is 13.4. The Morgan fingerprint density at radius 1 is 0.906 bits per heavy atom. The number of hydrogen-bond acceptors (Lipinski definition) is 5. The standard InChI is InChI=1S/C26H24N2O3S/c1-2-3-8-18-13-15-20(16-14-18)28-25(30)23(27-19-9-7-10-21(29)17-19)24(26(28)31)32-22-11-5-4-6-12-22/h4-7,9-17,27,29H,2-3,8H2,1H3. The zero-order valence-corrected chi connectivity index (χ0v) is 18.6. The third-order valence-corrected chi connectivity index (χ3v) is 6.22. The van der Waals surface area contributed by atoms with E-state index in [0.717, 1.165) is 24.2 Å². The van der Waals surface area contributed by atoms with Crippen LogP contribution in [0.15, 0.2) is 94.4 Å². The molecule has 0 saturated heterocycles. The summed E-state index contributed by atoms with van der Waals surface area (Å²) in [5, 5.41) is 12.9. The normalized spacial score (nSPS) is 13.7. The highest BCUT2D eigenvalue weighted by atomic mass is 32.2. The highest BCUT2D eigenvalue weighted by molar-refractivity contribution is 8.04. The summed E-state index contributed by atoms with van der Waals surface area (Å²) in [5.41, 5.74) is 2.45. The summed E-state index contributed by atoms with van der Waals surface area (Å²) >= 11 is 1.25. The number of rotatable bonds is 8.